The van der Waals surface area contributed by atoms with Crippen molar-refractivity contribution in [2.24, 2.45) is 0 Å². The highest BCUT2D eigenvalue weighted by atomic mass is 35.5. The molecule has 0 amide bonds. The molecule has 0 unspecified atom stereocenters. The highest BCUT2D eigenvalue weighted by molar-refractivity contribution is 6.30. The van der Waals surface area contributed by atoms with Gasteiger partial charge in [-0.3, -0.25) is 14.4 Å². The minimum absolute atomic E-state index is 0.00236. The highest BCUT2D eigenvalue weighted by Crippen LogP contribution is 2.24. The molecule has 320 valence electrons. The van der Waals surface area contributed by atoms with Crippen molar-refractivity contribution in [3.05, 3.63) is 261 Å². The number of hydrogen-bond acceptors (Lipinski definition) is 7. The molecule has 8 aromatic rings. The summed E-state index contributed by atoms with van der Waals surface area (Å²) >= 11 is 5.74. The number of carbonyl (C=O) groups excluding carboxylic acids is 3. The third-order valence-corrected chi connectivity index (χ3v) is 9.91. The monoisotopic (exact) mass is 880 g/mol. The Morgan fingerprint density at radius 1 is 0.308 bits per heavy atom. The van der Waals surface area contributed by atoms with Crippen molar-refractivity contribution < 1.29 is 48.8 Å². The van der Waals surface area contributed by atoms with Crippen LogP contribution in [0.3, 0.4) is 0 Å². The molecule has 10 nitrogen and oxygen atoms in total. The Morgan fingerprint density at radius 3 is 0.954 bits per heavy atom. The maximum Gasteiger partial charge on any atom is 0.336 e. The van der Waals surface area contributed by atoms with E-state index in [1.165, 1.54) is 36.4 Å². The van der Waals surface area contributed by atoms with Gasteiger partial charge in [-0.2, -0.15) is 0 Å². The van der Waals surface area contributed by atoms with Crippen molar-refractivity contribution >= 4 is 46.9 Å². The minimum atomic E-state index is -1.12. The molecular weight excluding hydrogens is 844 g/mol. The second-order valence-corrected chi connectivity index (χ2v) is 14.4. The molecule has 8 aromatic carbocycles. The molecule has 3 N–H and O–H groups in total. The molecule has 0 radical (unpaired) electrons. The van der Waals surface area contributed by atoms with Crippen LogP contribution in [0.25, 0.3) is 11.1 Å². The average molecular weight is 881 g/mol. The van der Waals surface area contributed by atoms with Crippen LogP contribution in [-0.4, -0.2) is 50.6 Å². The van der Waals surface area contributed by atoms with Crippen molar-refractivity contribution in [3.8, 4) is 22.6 Å². The van der Waals surface area contributed by atoms with Gasteiger partial charge in [-0.1, -0.05) is 139 Å². The molecule has 0 atom stereocenters. The van der Waals surface area contributed by atoms with Crippen LogP contribution >= 0.6 is 11.6 Å². The zero-order chi connectivity index (χ0) is 46.3. The molecule has 0 saturated carbocycles. The van der Waals surface area contributed by atoms with E-state index in [1.54, 1.807) is 97.1 Å². The largest absolute Gasteiger partial charge is 0.478 e. The normalized spacial score (nSPS) is 10.2. The number of carboxylic acids is 3. The first-order valence-corrected chi connectivity index (χ1v) is 20.1. The summed E-state index contributed by atoms with van der Waals surface area (Å²) in [7, 11) is 0. The quantitative estimate of drug-likeness (QED) is 0.100. The summed E-state index contributed by atoms with van der Waals surface area (Å²) in [5.41, 5.74) is 3.91. The Morgan fingerprint density at radius 2 is 0.585 bits per heavy atom. The van der Waals surface area contributed by atoms with Crippen LogP contribution in [0.4, 0.5) is 0 Å². The Labute approximate surface area is 378 Å². The third kappa shape index (κ3) is 12.0. The van der Waals surface area contributed by atoms with Gasteiger partial charge >= 0.3 is 17.9 Å². The Hall–Kier alpha value is -8.73. The van der Waals surface area contributed by atoms with Gasteiger partial charge in [0.15, 0.2) is 17.3 Å². The van der Waals surface area contributed by atoms with E-state index in [-0.39, 0.29) is 50.7 Å². The standard InChI is InChI=1S/C20H14O4.C20H14O3.C14H9ClO3/c21-19(17-8-4-5-9-18(17)20(22)23)14-10-12-16(13-11-14)24-15-6-2-1-3-7-15;21-19(17-8-4-5-9-18(17)20(22)23)16-12-10-15(11-13-16)14-6-2-1-3-7-14;15-10-7-5-9(6-8-10)13(16)11-3-1-2-4-12(11)14(17)18/h1-13H,(H,22,23);1-13H,(H,22,23);1-8H,(H,17,18). The van der Waals surface area contributed by atoms with Gasteiger partial charge in [-0.25, -0.2) is 14.4 Å². The molecular formula is C54H37ClO10. The van der Waals surface area contributed by atoms with Gasteiger partial charge in [-0.05, 0) is 90.0 Å². The average Bonchev–Trinajstić information content (AvgIpc) is 3.35. The van der Waals surface area contributed by atoms with Crippen molar-refractivity contribution in [2.45, 2.75) is 0 Å². The molecule has 65 heavy (non-hydrogen) atoms. The number of ether oxygens (including phenoxy) is 1. The molecule has 0 aromatic heterocycles. The summed E-state index contributed by atoms with van der Waals surface area (Å²) in [6, 6.07) is 57.9. The van der Waals surface area contributed by atoms with Gasteiger partial charge in [0, 0.05) is 38.4 Å². The van der Waals surface area contributed by atoms with Crippen LogP contribution in [0.1, 0.15) is 78.8 Å². The zero-order valence-electron chi connectivity index (χ0n) is 34.2. The highest BCUT2D eigenvalue weighted by Gasteiger charge is 2.20. The maximum absolute atomic E-state index is 12.6. The fourth-order valence-electron chi connectivity index (χ4n) is 6.41. The first-order valence-electron chi connectivity index (χ1n) is 19.8. The molecule has 0 fully saturated rings. The van der Waals surface area contributed by atoms with E-state index in [1.807, 2.05) is 72.8 Å². The minimum Gasteiger partial charge on any atom is -0.478 e. The zero-order valence-corrected chi connectivity index (χ0v) is 35.0. The number of ketones is 3. The SMILES string of the molecule is O=C(O)c1ccccc1C(=O)c1ccc(-c2ccccc2)cc1.O=C(O)c1ccccc1C(=O)c1ccc(Cl)cc1.O=C(O)c1ccccc1C(=O)c1ccc(Oc2ccccc2)cc1. The predicted molar refractivity (Wildman–Crippen MR) is 247 cm³/mol. The van der Waals surface area contributed by atoms with Crippen molar-refractivity contribution in [3.63, 3.8) is 0 Å². The first-order chi connectivity index (χ1) is 31.4. The summed E-state index contributed by atoms with van der Waals surface area (Å²) in [4.78, 5) is 70.8. The molecule has 0 spiro atoms. The molecule has 0 aliphatic carbocycles. The lowest BCUT2D eigenvalue weighted by atomic mass is 9.96. The second kappa shape index (κ2) is 21.9. The van der Waals surface area contributed by atoms with Crippen LogP contribution in [0.2, 0.25) is 5.02 Å². The topological polar surface area (TPSA) is 172 Å². The molecule has 0 aliphatic rings. The van der Waals surface area contributed by atoms with Gasteiger partial charge in [0.25, 0.3) is 0 Å². The van der Waals surface area contributed by atoms with E-state index in [9.17, 15) is 39.0 Å². The maximum atomic E-state index is 12.6. The number of halogens is 1. The van der Waals surface area contributed by atoms with Crippen LogP contribution in [0.15, 0.2) is 206 Å². The van der Waals surface area contributed by atoms with E-state index in [0.717, 1.165) is 11.1 Å². The molecule has 0 bridgehead atoms. The van der Waals surface area contributed by atoms with Gasteiger partial charge in [0.05, 0.1) is 16.7 Å². The summed E-state index contributed by atoms with van der Waals surface area (Å²) in [6.45, 7) is 0. The van der Waals surface area contributed by atoms with Crippen LogP contribution in [0, 0.1) is 0 Å². The lowest BCUT2D eigenvalue weighted by molar-refractivity contribution is 0.0683. The lowest BCUT2D eigenvalue weighted by Gasteiger charge is -2.08. The van der Waals surface area contributed by atoms with E-state index in [2.05, 4.69) is 0 Å². The van der Waals surface area contributed by atoms with Crippen molar-refractivity contribution in [2.75, 3.05) is 0 Å². The van der Waals surface area contributed by atoms with Gasteiger partial charge < -0.3 is 20.1 Å². The Kier molecular flexibility index (Phi) is 15.4. The number of rotatable bonds is 12. The van der Waals surface area contributed by atoms with E-state index < -0.39 is 17.9 Å². The van der Waals surface area contributed by atoms with Crippen LogP contribution < -0.4 is 4.74 Å². The predicted octanol–water partition coefficient (Wildman–Crippen LogP) is 12.0. The second-order valence-electron chi connectivity index (χ2n) is 13.9. The summed E-state index contributed by atoms with van der Waals surface area (Å²) in [6.07, 6.45) is 0. The van der Waals surface area contributed by atoms with Crippen LogP contribution in [0.5, 0.6) is 11.5 Å². The first kappa shape index (κ1) is 45.8. The number of aromatic carboxylic acids is 3. The Balaban J connectivity index is 0.000000163. The summed E-state index contributed by atoms with van der Waals surface area (Å²) in [5, 5.41) is 28.0. The fraction of sp³-hybridized carbons (Fsp3) is 0. The summed E-state index contributed by atoms with van der Waals surface area (Å²) in [5.74, 6) is -2.99. The number of hydrogen-bond donors (Lipinski definition) is 3. The number of carbonyl (C=O) groups is 6. The van der Waals surface area contributed by atoms with Gasteiger partial charge in [0.2, 0.25) is 0 Å². The van der Waals surface area contributed by atoms with E-state index >= 15 is 0 Å². The Bertz CT molecular complexity index is 2970. The number of para-hydroxylation sites is 1. The molecule has 0 heterocycles. The molecule has 11 heteroatoms. The molecule has 0 saturated heterocycles. The number of carboxylic acid groups (broad SMARTS) is 3. The summed E-state index contributed by atoms with van der Waals surface area (Å²) < 4.78 is 5.68. The fourth-order valence-corrected chi connectivity index (χ4v) is 6.54. The smallest absolute Gasteiger partial charge is 0.336 e. The van der Waals surface area contributed by atoms with Gasteiger partial charge in [0.1, 0.15) is 11.5 Å². The lowest BCUT2D eigenvalue weighted by Crippen LogP contribution is -2.09. The number of benzene rings is 8. The van der Waals surface area contributed by atoms with E-state index in [0.29, 0.717) is 33.2 Å². The van der Waals surface area contributed by atoms with E-state index in [4.69, 9.17) is 21.4 Å². The van der Waals surface area contributed by atoms with Gasteiger partial charge in [-0.15, -0.1) is 0 Å². The third-order valence-electron chi connectivity index (χ3n) is 9.66. The van der Waals surface area contributed by atoms with Crippen molar-refractivity contribution in [1.29, 1.82) is 0 Å². The molecule has 0 aliphatic heterocycles. The van der Waals surface area contributed by atoms with Crippen LogP contribution in [-0.2, 0) is 0 Å². The van der Waals surface area contributed by atoms with Crippen molar-refractivity contribution in [1.82, 2.24) is 0 Å². The molecule has 8 rings (SSSR count).